The van der Waals surface area contributed by atoms with E-state index in [0.717, 1.165) is 47.8 Å². The fraction of sp³-hybridized carbons (Fsp3) is 0.538. The van der Waals surface area contributed by atoms with Crippen LogP contribution in [-0.2, 0) is 11.2 Å². The van der Waals surface area contributed by atoms with Gasteiger partial charge in [0, 0.05) is 21.8 Å². The first kappa shape index (κ1) is 13.5. The molecule has 1 fully saturated rings. The highest BCUT2D eigenvalue weighted by Crippen LogP contribution is 2.36. The first-order valence-electron chi connectivity index (χ1n) is 5.73. The molecular weight excluding hydrogens is 351 g/mol. The Balaban J connectivity index is 2.17. The summed E-state index contributed by atoms with van der Waals surface area (Å²) in [6.45, 7) is 1.64. The molecule has 1 aliphatic rings. The van der Waals surface area contributed by atoms with Gasteiger partial charge in [-0.25, -0.2) is 4.39 Å². The fourth-order valence-corrected chi connectivity index (χ4v) is 3.40. The molecule has 0 bridgehead atoms. The second-order valence-electron chi connectivity index (χ2n) is 4.70. The number of halogens is 3. The molecule has 4 heteroatoms. The molecule has 0 aromatic heterocycles. The molecule has 1 heterocycles. The molecule has 0 saturated carbocycles. The van der Waals surface area contributed by atoms with E-state index in [2.05, 4.69) is 31.9 Å². The van der Waals surface area contributed by atoms with Crippen LogP contribution in [0, 0.1) is 11.2 Å². The summed E-state index contributed by atoms with van der Waals surface area (Å²) in [6, 6.07) is 4.91. The van der Waals surface area contributed by atoms with Crippen LogP contribution in [0.25, 0.3) is 0 Å². The Morgan fingerprint density at radius 1 is 1.41 bits per heavy atom. The zero-order chi connectivity index (χ0) is 12.3. The van der Waals surface area contributed by atoms with Crippen LogP contribution in [0.15, 0.2) is 22.7 Å². The lowest BCUT2D eigenvalue weighted by molar-refractivity contribution is 0.00607. The van der Waals surface area contributed by atoms with Crippen molar-refractivity contribution in [2.24, 2.45) is 5.41 Å². The van der Waals surface area contributed by atoms with Gasteiger partial charge in [0.1, 0.15) is 5.82 Å². The second kappa shape index (κ2) is 5.81. The summed E-state index contributed by atoms with van der Waals surface area (Å²) in [6.07, 6.45) is 3.17. The third kappa shape index (κ3) is 3.30. The molecule has 0 radical (unpaired) electrons. The van der Waals surface area contributed by atoms with Gasteiger partial charge < -0.3 is 4.74 Å². The predicted octanol–water partition coefficient (Wildman–Crippen LogP) is 4.32. The van der Waals surface area contributed by atoms with Gasteiger partial charge in [-0.15, -0.1) is 0 Å². The van der Waals surface area contributed by atoms with E-state index in [9.17, 15) is 4.39 Å². The van der Waals surface area contributed by atoms with Crippen LogP contribution in [0.1, 0.15) is 18.4 Å². The van der Waals surface area contributed by atoms with Gasteiger partial charge in [0.25, 0.3) is 0 Å². The van der Waals surface area contributed by atoms with Crippen LogP contribution in [-0.4, -0.2) is 18.5 Å². The quantitative estimate of drug-likeness (QED) is 0.724. The highest BCUT2D eigenvalue weighted by molar-refractivity contribution is 9.10. The molecule has 1 unspecified atom stereocenters. The fourth-order valence-electron chi connectivity index (χ4n) is 2.27. The molecule has 0 spiro atoms. The number of benzene rings is 1. The Morgan fingerprint density at radius 2 is 2.24 bits per heavy atom. The molecule has 17 heavy (non-hydrogen) atoms. The van der Waals surface area contributed by atoms with Crippen LogP contribution in [0.2, 0.25) is 0 Å². The van der Waals surface area contributed by atoms with Crippen LogP contribution in [0.4, 0.5) is 4.39 Å². The summed E-state index contributed by atoms with van der Waals surface area (Å²) in [7, 11) is 0. The van der Waals surface area contributed by atoms with E-state index >= 15 is 0 Å². The molecule has 2 rings (SSSR count). The SMILES string of the molecule is Fc1ccc(CC2(CBr)CCCOC2)c(Br)c1. The van der Waals surface area contributed by atoms with Gasteiger partial charge in [-0.05, 0) is 37.0 Å². The van der Waals surface area contributed by atoms with E-state index in [1.807, 2.05) is 6.07 Å². The Labute approximate surface area is 118 Å². The van der Waals surface area contributed by atoms with Gasteiger partial charge in [0.2, 0.25) is 0 Å². The second-order valence-corrected chi connectivity index (χ2v) is 6.12. The van der Waals surface area contributed by atoms with Crippen molar-refractivity contribution >= 4 is 31.9 Å². The summed E-state index contributed by atoms with van der Waals surface area (Å²) in [4.78, 5) is 0. The maximum absolute atomic E-state index is 13.0. The van der Waals surface area contributed by atoms with E-state index in [1.165, 1.54) is 12.1 Å². The molecule has 0 aliphatic carbocycles. The molecule has 1 nitrogen and oxygen atoms in total. The normalized spacial score (nSPS) is 24.9. The molecule has 1 atom stereocenters. The summed E-state index contributed by atoms with van der Waals surface area (Å²) >= 11 is 7.03. The van der Waals surface area contributed by atoms with Crippen LogP contribution >= 0.6 is 31.9 Å². The lowest BCUT2D eigenvalue weighted by Gasteiger charge is -2.36. The van der Waals surface area contributed by atoms with E-state index < -0.39 is 0 Å². The number of rotatable bonds is 3. The first-order valence-corrected chi connectivity index (χ1v) is 7.64. The highest BCUT2D eigenvalue weighted by atomic mass is 79.9. The Bertz CT molecular complexity index is 389. The molecular formula is C13H15Br2FO. The topological polar surface area (TPSA) is 9.23 Å². The molecule has 1 aromatic rings. The van der Waals surface area contributed by atoms with E-state index in [4.69, 9.17) is 4.74 Å². The summed E-state index contributed by atoms with van der Waals surface area (Å²) in [5, 5.41) is 0.920. The molecule has 0 amide bonds. The van der Waals surface area contributed by atoms with Crippen molar-refractivity contribution in [2.45, 2.75) is 19.3 Å². The van der Waals surface area contributed by atoms with Crippen molar-refractivity contribution in [3.8, 4) is 0 Å². The third-order valence-corrected chi connectivity index (χ3v) is 5.20. The number of hydrogen-bond donors (Lipinski definition) is 0. The minimum atomic E-state index is -0.201. The van der Waals surface area contributed by atoms with Crippen molar-refractivity contribution in [1.82, 2.24) is 0 Å². The van der Waals surface area contributed by atoms with Gasteiger partial charge in [-0.3, -0.25) is 0 Å². The van der Waals surface area contributed by atoms with Gasteiger partial charge in [-0.2, -0.15) is 0 Å². The molecule has 94 valence electrons. The number of ether oxygens (including phenoxy) is 1. The minimum Gasteiger partial charge on any atom is -0.381 e. The lowest BCUT2D eigenvalue weighted by Crippen LogP contribution is -2.35. The molecule has 0 N–H and O–H groups in total. The minimum absolute atomic E-state index is 0.151. The first-order chi connectivity index (χ1) is 8.15. The predicted molar refractivity (Wildman–Crippen MR) is 74.1 cm³/mol. The summed E-state index contributed by atoms with van der Waals surface area (Å²) in [5.74, 6) is -0.201. The summed E-state index contributed by atoms with van der Waals surface area (Å²) in [5.41, 5.74) is 1.30. The number of hydrogen-bond acceptors (Lipinski definition) is 1. The zero-order valence-corrected chi connectivity index (χ0v) is 12.7. The smallest absolute Gasteiger partial charge is 0.124 e. The van der Waals surface area contributed by atoms with Crippen molar-refractivity contribution in [1.29, 1.82) is 0 Å². The third-order valence-electron chi connectivity index (χ3n) is 3.27. The van der Waals surface area contributed by atoms with Crippen LogP contribution < -0.4 is 0 Å². The Kier molecular flexibility index (Phi) is 4.61. The average Bonchev–Trinajstić information content (AvgIpc) is 2.34. The van der Waals surface area contributed by atoms with E-state index in [0.29, 0.717) is 0 Å². The maximum atomic E-state index is 13.0. The lowest BCUT2D eigenvalue weighted by atomic mass is 9.79. The molecule has 1 saturated heterocycles. The van der Waals surface area contributed by atoms with E-state index in [1.54, 1.807) is 0 Å². The van der Waals surface area contributed by atoms with Crippen LogP contribution in [0.5, 0.6) is 0 Å². The monoisotopic (exact) mass is 364 g/mol. The van der Waals surface area contributed by atoms with Gasteiger partial charge in [-0.1, -0.05) is 37.9 Å². The van der Waals surface area contributed by atoms with Crippen LogP contribution in [0.3, 0.4) is 0 Å². The Hall–Kier alpha value is 0.0700. The molecule has 1 aromatic carbocycles. The van der Waals surface area contributed by atoms with Gasteiger partial charge in [0.05, 0.1) is 6.61 Å². The van der Waals surface area contributed by atoms with Crippen molar-refractivity contribution in [3.63, 3.8) is 0 Å². The standard InChI is InChI=1S/C13H15Br2FO/c14-8-13(4-1-5-17-9-13)7-10-2-3-11(16)6-12(10)15/h2-3,6H,1,4-5,7-9H2. The van der Waals surface area contributed by atoms with Crippen molar-refractivity contribution < 1.29 is 9.13 Å². The van der Waals surface area contributed by atoms with Crippen molar-refractivity contribution in [3.05, 3.63) is 34.1 Å². The average molecular weight is 366 g/mol. The summed E-state index contributed by atoms with van der Waals surface area (Å²) < 4.78 is 19.5. The van der Waals surface area contributed by atoms with Gasteiger partial charge in [0.15, 0.2) is 0 Å². The van der Waals surface area contributed by atoms with E-state index in [-0.39, 0.29) is 11.2 Å². The molecule has 1 aliphatic heterocycles. The number of alkyl halides is 1. The Morgan fingerprint density at radius 3 is 2.82 bits per heavy atom. The zero-order valence-electron chi connectivity index (χ0n) is 9.52. The van der Waals surface area contributed by atoms with Gasteiger partial charge >= 0.3 is 0 Å². The largest absolute Gasteiger partial charge is 0.381 e. The van der Waals surface area contributed by atoms with Crippen molar-refractivity contribution in [2.75, 3.05) is 18.5 Å². The maximum Gasteiger partial charge on any atom is 0.124 e. The highest BCUT2D eigenvalue weighted by Gasteiger charge is 2.32.